The van der Waals surface area contributed by atoms with Crippen LogP contribution in [0.25, 0.3) is 0 Å². The first-order chi connectivity index (χ1) is 15.7. The van der Waals surface area contributed by atoms with Crippen LogP contribution in [0.5, 0.6) is 0 Å². The number of nitrogens with zero attached hydrogens (tertiary/aromatic N) is 1. The molecule has 0 aliphatic carbocycles. The molecule has 2 amide bonds. The summed E-state index contributed by atoms with van der Waals surface area (Å²) in [6.45, 7) is 7.64. The molecule has 0 saturated carbocycles. The molecular weight excluding hydrogens is 438 g/mol. The minimum Gasteiger partial charge on any atom is -0.352 e. The van der Waals surface area contributed by atoms with E-state index in [1.807, 2.05) is 44.2 Å². The SMILES string of the molecule is C=CC(=O)NC1CC(C)N(S(=O)(=O)c2ccc(C(=O)NCCc3ccccc3)cc2)C(C)C1. The predicted molar refractivity (Wildman–Crippen MR) is 128 cm³/mol. The normalized spacial score (nSPS) is 21.2. The van der Waals surface area contributed by atoms with Crippen LogP contribution >= 0.6 is 0 Å². The van der Waals surface area contributed by atoms with E-state index in [0.717, 1.165) is 12.0 Å². The van der Waals surface area contributed by atoms with E-state index < -0.39 is 10.0 Å². The average molecular weight is 470 g/mol. The number of sulfonamides is 1. The summed E-state index contributed by atoms with van der Waals surface area (Å²) in [4.78, 5) is 24.2. The number of hydrogen-bond acceptors (Lipinski definition) is 4. The zero-order chi connectivity index (χ0) is 24.0. The van der Waals surface area contributed by atoms with Gasteiger partial charge in [-0.05, 0) is 69.0 Å². The van der Waals surface area contributed by atoms with Gasteiger partial charge in [0.1, 0.15) is 0 Å². The van der Waals surface area contributed by atoms with Crippen LogP contribution < -0.4 is 10.6 Å². The van der Waals surface area contributed by atoms with E-state index in [-0.39, 0.29) is 34.8 Å². The Morgan fingerprint density at radius 2 is 1.64 bits per heavy atom. The molecule has 33 heavy (non-hydrogen) atoms. The molecule has 0 spiro atoms. The quantitative estimate of drug-likeness (QED) is 0.581. The molecule has 2 aromatic carbocycles. The Labute approximate surface area is 195 Å². The molecule has 1 aliphatic heterocycles. The van der Waals surface area contributed by atoms with Gasteiger partial charge in [0.2, 0.25) is 15.9 Å². The Kier molecular flexibility index (Phi) is 8.05. The van der Waals surface area contributed by atoms with Gasteiger partial charge in [-0.25, -0.2) is 8.42 Å². The highest BCUT2D eigenvalue weighted by atomic mass is 32.2. The maximum atomic E-state index is 13.3. The fourth-order valence-corrected chi connectivity index (χ4v) is 6.22. The standard InChI is InChI=1S/C25H31N3O4S/c1-4-24(29)27-22-16-18(2)28(19(3)17-22)33(31,32)23-12-10-21(11-13-23)25(30)26-15-14-20-8-6-5-7-9-20/h4-13,18-19,22H,1,14-17H2,2-3H3,(H,26,30)(H,27,29). The number of hydrogen-bond donors (Lipinski definition) is 2. The lowest BCUT2D eigenvalue weighted by Crippen LogP contribution is -2.54. The van der Waals surface area contributed by atoms with E-state index in [0.29, 0.717) is 24.9 Å². The van der Waals surface area contributed by atoms with Crippen molar-refractivity contribution in [1.82, 2.24) is 14.9 Å². The van der Waals surface area contributed by atoms with E-state index in [1.165, 1.54) is 34.6 Å². The Hall–Kier alpha value is -2.97. The van der Waals surface area contributed by atoms with E-state index >= 15 is 0 Å². The van der Waals surface area contributed by atoms with Crippen LogP contribution in [0.15, 0.2) is 72.1 Å². The van der Waals surface area contributed by atoms with E-state index in [9.17, 15) is 18.0 Å². The molecule has 2 atom stereocenters. The third kappa shape index (κ3) is 6.09. The smallest absolute Gasteiger partial charge is 0.251 e. The van der Waals surface area contributed by atoms with E-state index in [1.54, 1.807) is 0 Å². The maximum Gasteiger partial charge on any atom is 0.251 e. The molecule has 0 bridgehead atoms. The zero-order valence-electron chi connectivity index (χ0n) is 19.0. The largest absolute Gasteiger partial charge is 0.352 e. The first-order valence-corrected chi connectivity index (χ1v) is 12.5. The summed E-state index contributed by atoms with van der Waals surface area (Å²) < 4.78 is 28.1. The van der Waals surface area contributed by atoms with Crippen molar-refractivity contribution in [3.05, 3.63) is 78.4 Å². The number of rotatable bonds is 8. The van der Waals surface area contributed by atoms with Gasteiger partial charge in [0.05, 0.1) is 4.90 Å². The summed E-state index contributed by atoms with van der Waals surface area (Å²) in [7, 11) is -3.74. The number of benzene rings is 2. The molecular formula is C25H31N3O4S. The molecule has 1 aliphatic rings. The summed E-state index contributed by atoms with van der Waals surface area (Å²) in [5, 5.41) is 5.73. The molecule has 3 rings (SSSR count). The molecule has 0 aromatic heterocycles. The summed E-state index contributed by atoms with van der Waals surface area (Å²) in [6.07, 6.45) is 2.98. The summed E-state index contributed by atoms with van der Waals surface area (Å²) in [5.74, 6) is -0.497. The zero-order valence-corrected chi connectivity index (χ0v) is 19.8. The Morgan fingerprint density at radius 1 is 1.03 bits per heavy atom. The number of carbonyl (C=O) groups is 2. The van der Waals surface area contributed by atoms with Crippen LogP contribution in [-0.4, -0.2) is 49.2 Å². The van der Waals surface area contributed by atoms with Gasteiger partial charge in [0.25, 0.3) is 5.91 Å². The van der Waals surface area contributed by atoms with Gasteiger partial charge >= 0.3 is 0 Å². The van der Waals surface area contributed by atoms with Crippen LogP contribution in [0.4, 0.5) is 0 Å². The third-order valence-electron chi connectivity index (χ3n) is 5.89. The Bertz CT molecular complexity index is 1070. The Balaban J connectivity index is 1.63. The third-order valence-corrected chi connectivity index (χ3v) is 8.03. The first-order valence-electron chi connectivity index (χ1n) is 11.1. The lowest BCUT2D eigenvalue weighted by molar-refractivity contribution is -0.117. The second-order valence-corrected chi connectivity index (χ2v) is 10.3. The molecule has 1 saturated heterocycles. The highest BCUT2D eigenvalue weighted by Gasteiger charge is 2.39. The Morgan fingerprint density at radius 3 is 2.21 bits per heavy atom. The van der Waals surface area contributed by atoms with Gasteiger partial charge < -0.3 is 10.6 Å². The second kappa shape index (κ2) is 10.8. The summed E-state index contributed by atoms with van der Waals surface area (Å²) in [6, 6.07) is 15.2. The van der Waals surface area contributed by atoms with Crippen LogP contribution in [0, 0.1) is 0 Å². The van der Waals surface area contributed by atoms with Gasteiger partial charge in [-0.15, -0.1) is 0 Å². The summed E-state index contributed by atoms with van der Waals surface area (Å²) in [5.41, 5.74) is 1.55. The minimum atomic E-state index is -3.74. The van der Waals surface area contributed by atoms with Crippen molar-refractivity contribution in [2.24, 2.45) is 0 Å². The highest BCUT2D eigenvalue weighted by molar-refractivity contribution is 7.89. The average Bonchev–Trinajstić information content (AvgIpc) is 2.79. The molecule has 2 unspecified atom stereocenters. The molecule has 2 aromatic rings. The molecule has 7 nitrogen and oxygen atoms in total. The molecule has 176 valence electrons. The maximum absolute atomic E-state index is 13.3. The van der Waals surface area contributed by atoms with E-state index in [2.05, 4.69) is 17.2 Å². The van der Waals surface area contributed by atoms with Crippen LogP contribution in [0.2, 0.25) is 0 Å². The van der Waals surface area contributed by atoms with Crippen molar-refractivity contribution < 1.29 is 18.0 Å². The fraction of sp³-hybridized carbons (Fsp3) is 0.360. The highest BCUT2D eigenvalue weighted by Crippen LogP contribution is 2.30. The fourth-order valence-electron chi connectivity index (χ4n) is 4.38. The predicted octanol–water partition coefficient (Wildman–Crippen LogP) is 2.89. The van der Waals surface area contributed by atoms with Crippen molar-refractivity contribution in [2.45, 2.75) is 56.1 Å². The van der Waals surface area contributed by atoms with E-state index in [4.69, 9.17) is 0 Å². The minimum absolute atomic E-state index is 0.103. The van der Waals surface area contributed by atoms with Crippen LogP contribution in [0.3, 0.4) is 0 Å². The van der Waals surface area contributed by atoms with Crippen molar-refractivity contribution in [1.29, 1.82) is 0 Å². The molecule has 2 N–H and O–H groups in total. The monoisotopic (exact) mass is 469 g/mol. The van der Waals surface area contributed by atoms with Crippen molar-refractivity contribution in [3.63, 3.8) is 0 Å². The number of carbonyl (C=O) groups excluding carboxylic acids is 2. The molecule has 8 heteroatoms. The van der Waals surface area contributed by atoms with Crippen LogP contribution in [-0.2, 0) is 21.2 Å². The molecule has 0 radical (unpaired) electrons. The lowest BCUT2D eigenvalue weighted by Gasteiger charge is -2.41. The number of nitrogens with one attached hydrogen (secondary N) is 2. The topological polar surface area (TPSA) is 95.6 Å². The van der Waals surface area contributed by atoms with Gasteiger partial charge in [0, 0.05) is 30.2 Å². The second-order valence-electron chi connectivity index (χ2n) is 8.43. The van der Waals surface area contributed by atoms with Crippen LogP contribution in [0.1, 0.15) is 42.6 Å². The van der Waals surface area contributed by atoms with Crippen molar-refractivity contribution in [2.75, 3.05) is 6.54 Å². The number of piperidine rings is 1. The molecule has 1 fully saturated rings. The van der Waals surface area contributed by atoms with Gasteiger partial charge in [-0.3, -0.25) is 9.59 Å². The lowest BCUT2D eigenvalue weighted by atomic mass is 9.95. The van der Waals surface area contributed by atoms with Crippen molar-refractivity contribution >= 4 is 21.8 Å². The molecule has 1 heterocycles. The summed E-state index contributed by atoms with van der Waals surface area (Å²) >= 11 is 0. The first kappa shape index (κ1) is 24.7. The number of amides is 2. The van der Waals surface area contributed by atoms with Gasteiger partial charge in [-0.1, -0.05) is 36.9 Å². The van der Waals surface area contributed by atoms with Gasteiger partial charge in [-0.2, -0.15) is 4.31 Å². The van der Waals surface area contributed by atoms with Gasteiger partial charge in [0.15, 0.2) is 0 Å². The van der Waals surface area contributed by atoms with Crippen molar-refractivity contribution in [3.8, 4) is 0 Å².